The van der Waals surface area contributed by atoms with Gasteiger partial charge < -0.3 is 19.3 Å². The number of aliphatic hydroxyl groups is 1. The third kappa shape index (κ3) is 10.5. The fourth-order valence-electron chi connectivity index (χ4n) is 4.63. The lowest BCUT2D eigenvalue weighted by Crippen LogP contribution is -2.47. The maximum absolute atomic E-state index is 12.2. The first kappa shape index (κ1) is 36.6. The van der Waals surface area contributed by atoms with E-state index in [0.29, 0.717) is 11.5 Å². The molecule has 0 radical (unpaired) electrons. The predicted molar refractivity (Wildman–Crippen MR) is 175 cm³/mol. The van der Waals surface area contributed by atoms with E-state index in [1.165, 1.54) is 11.6 Å². The van der Waals surface area contributed by atoms with Gasteiger partial charge in [0, 0.05) is 11.5 Å². The topological polar surface area (TPSA) is 65.0 Å². The summed E-state index contributed by atoms with van der Waals surface area (Å²) in [5.74, 6) is 0.699. The second-order valence-corrected chi connectivity index (χ2v) is 12.9. The number of esters is 1. The summed E-state index contributed by atoms with van der Waals surface area (Å²) in [5, 5.41) is 11.0. The summed E-state index contributed by atoms with van der Waals surface area (Å²) in [6.45, 7) is 17.0. The molecule has 0 aliphatic heterocycles. The lowest BCUT2D eigenvalue weighted by Gasteiger charge is -2.48. The number of carbonyl (C=O) groups excluding carboxylic acids is 1. The highest BCUT2D eigenvalue weighted by Gasteiger charge is 2.46. The van der Waals surface area contributed by atoms with E-state index in [1.807, 2.05) is 67.6 Å². The van der Waals surface area contributed by atoms with Gasteiger partial charge in [0.05, 0.1) is 0 Å². The third-order valence-corrected chi connectivity index (χ3v) is 7.36. The molecule has 0 aliphatic rings. The molecule has 5 heteroatoms. The van der Waals surface area contributed by atoms with Gasteiger partial charge in [0.25, 0.3) is 0 Å². The van der Waals surface area contributed by atoms with Gasteiger partial charge in [-0.15, -0.1) is 0 Å². The molecule has 0 aliphatic carbocycles. The molecule has 1 N–H and O–H groups in total. The Morgan fingerprint density at radius 2 is 1.29 bits per heavy atom. The van der Waals surface area contributed by atoms with Crippen molar-refractivity contribution in [1.29, 1.82) is 0 Å². The van der Waals surface area contributed by atoms with Crippen LogP contribution < -0.4 is 9.47 Å². The molecule has 0 fully saturated rings. The van der Waals surface area contributed by atoms with Crippen LogP contribution in [0.4, 0.5) is 0 Å². The Labute approximate surface area is 254 Å². The van der Waals surface area contributed by atoms with Crippen LogP contribution in [-0.4, -0.2) is 24.2 Å². The molecule has 0 heterocycles. The van der Waals surface area contributed by atoms with Crippen LogP contribution >= 0.6 is 0 Å². The third-order valence-electron chi connectivity index (χ3n) is 7.36. The average Bonchev–Trinajstić information content (AvgIpc) is 2.87. The lowest BCUT2D eigenvalue weighted by atomic mass is 9.61. The van der Waals surface area contributed by atoms with Crippen LogP contribution in [0.5, 0.6) is 11.5 Å². The van der Waals surface area contributed by atoms with Crippen LogP contribution in [0.1, 0.15) is 80.9 Å². The van der Waals surface area contributed by atoms with Crippen LogP contribution in [0.3, 0.4) is 0 Å². The van der Waals surface area contributed by atoms with E-state index in [9.17, 15) is 9.90 Å². The van der Waals surface area contributed by atoms with Gasteiger partial charge in [-0.1, -0.05) is 117 Å². The minimum atomic E-state index is -0.961. The van der Waals surface area contributed by atoms with E-state index in [4.69, 9.17) is 14.2 Å². The van der Waals surface area contributed by atoms with Crippen molar-refractivity contribution in [3.8, 4) is 22.6 Å². The van der Waals surface area contributed by atoms with Gasteiger partial charge in [-0.3, -0.25) is 0 Å². The number of aliphatic hydroxyl groups excluding tert-OH is 1. The number of hydrogen-bond donors (Lipinski definition) is 1. The normalized spacial score (nSPS) is 13.8. The standard InChI is InChI=1S/C35H44O5.2CH4/c1-25-9-11-26(12-10-25)13-22-31(36)40-30-20-16-28(17-21-30)27-14-18-29(19-15-27)38-24-39-32(37)35(8,34(5,6)7)23-33(2,3)4;;/h9-22,32,37H,23-24H2,1-8H3;2*1H4/t32?,35-;;/m0../s1. The van der Waals surface area contributed by atoms with Gasteiger partial charge in [-0.25, -0.2) is 4.79 Å². The Kier molecular flexibility index (Phi) is 13.2. The summed E-state index contributed by atoms with van der Waals surface area (Å²) >= 11 is 0. The quantitative estimate of drug-likeness (QED) is 0.113. The first-order valence-corrected chi connectivity index (χ1v) is 13.8. The van der Waals surface area contributed by atoms with E-state index in [0.717, 1.165) is 23.1 Å². The summed E-state index contributed by atoms with van der Waals surface area (Å²) in [7, 11) is 0. The molecule has 0 saturated heterocycles. The smallest absolute Gasteiger partial charge is 0.336 e. The van der Waals surface area contributed by atoms with Gasteiger partial charge in [-0.2, -0.15) is 0 Å². The first-order chi connectivity index (χ1) is 18.7. The lowest BCUT2D eigenvalue weighted by molar-refractivity contribution is -0.233. The highest BCUT2D eigenvalue weighted by Crippen LogP contribution is 2.49. The zero-order valence-electron chi connectivity index (χ0n) is 25.2. The molecule has 0 saturated carbocycles. The fraction of sp³-hybridized carbons (Fsp3) is 0.432. The van der Waals surface area contributed by atoms with Crippen LogP contribution in [0.15, 0.2) is 78.9 Å². The molecule has 3 rings (SSSR count). The minimum absolute atomic E-state index is 0. The molecule has 3 aromatic carbocycles. The molecule has 230 valence electrons. The minimum Gasteiger partial charge on any atom is -0.467 e. The van der Waals surface area contributed by atoms with Crippen molar-refractivity contribution in [2.75, 3.05) is 6.79 Å². The van der Waals surface area contributed by atoms with Crippen molar-refractivity contribution in [2.24, 2.45) is 16.2 Å². The first-order valence-electron chi connectivity index (χ1n) is 13.8. The van der Waals surface area contributed by atoms with E-state index in [1.54, 1.807) is 18.2 Å². The summed E-state index contributed by atoms with van der Waals surface area (Å²) < 4.78 is 17.0. The summed E-state index contributed by atoms with van der Waals surface area (Å²) in [6.07, 6.45) is 3.01. The molecule has 2 atom stereocenters. The number of hydrogen-bond acceptors (Lipinski definition) is 5. The number of aryl methyl sites for hydroxylation is 1. The highest BCUT2D eigenvalue weighted by atomic mass is 16.7. The van der Waals surface area contributed by atoms with Crippen molar-refractivity contribution < 1.29 is 24.1 Å². The van der Waals surface area contributed by atoms with Gasteiger partial charge >= 0.3 is 5.97 Å². The average molecular weight is 577 g/mol. The van der Waals surface area contributed by atoms with Crippen LogP contribution in [0.2, 0.25) is 0 Å². The fourth-order valence-corrected chi connectivity index (χ4v) is 4.63. The largest absolute Gasteiger partial charge is 0.467 e. The molecule has 0 aromatic heterocycles. The van der Waals surface area contributed by atoms with Crippen LogP contribution in [0, 0.1) is 23.2 Å². The van der Waals surface area contributed by atoms with E-state index >= 15 is 0 Å². The Bertz CT molecular complexity index is 1260. The summed E-state index contributed by atoms with van der Waals surface area (Å²) in [6, 6.07) is 22.9. The van der Waals surface area contributed by atoms with Crippen LogP contribution in [0.25, 0.3) is 17.2 Å². The van der Waals surface area contributed by atoms with E-state index in [2.05, 4.69) is 48.5 Å². The molecule has 0 bridgehead atoms. The predicted octanol–water partition coefficient (Wildman–Crippen LogP) is 9.71. The summed E-state index contributed by atoms with van der Waals surface area (Å²) in [5.41, 5.74) is 3.52. The Balaban J connectivity index is 0.00000441. The van der Waals surface area contributed by atoms with Gasteiger partial charge in [0.1, 0.15) is 11.5 Å². The number of carbonyl (C=O) groups is 1. The van der Waals surface area contributed by atoms with E-state index in [-0.39, 0.29) is 32.5 Å². The molecular weight excluding hydrogens is 524 g/mol. The van der Waals surface area contributed by atoms with Crippen molar-refractivity contribution in [3.05, 3.63) is 90.0 Å². The number of rotatable bonds is 10. The molecule has 0 spiro atoms. The van der Waals surface area contributed by atoms with Crippen LogP contribution in [-0.2, 0) is 9.53 Å². The van der Waals surface area contributed by atoms with Crippen molar-refractivity contribution >= 4 is 12.0 Å². The Morgan fingerprint density at radius 3 is 1.76 bits per heavy atom. The molecule has 1 unspecified atom stereocenters. The van der Waals surface area contributed by atoms with E-state index < -0.39 is 17.7 Å². The summed E-state index contributed by atoms with van der Waals surface area (Å²) in [4.78, 5) is 12.2. The highest BCUT2D eigenvalue weighted by molar-refractivity contribution is 5.88. The number of benzene rings is 3. The molecule has 3 aromatic rings. The SMILES string of the molecule is C.C.Cc1ccc(C=CC(=O)Oc2ccc(-c3ccc(OCOC(O)[C@](C)(CC(C)(C)C)C(C)(C)C)cc3)cc2)cc1. The molecule has 5 nitrogen and oxygen atoms in total. The van der Waals surface area contributed by atoms with Crippen molar-refractivity contribution in [3.63, 3.8) is 0 Å². The van der Waals surface area contributed by atoms with Gasteiger partial charge in [-0.05, 0) is 71.2 Å². The maximum atomic E-state index is 12.2. The monoisotopic (exact) mass is 576 g/mol. The maximum Gasteiger partial charge on any atom is 0.336 e. The Hall–Kier alpha value is -3.41. The van der Waals surface area contributed by atoms with Crippen molar-refractivity contribution in [1.82, 2.24) is 0 Å². The van der Waals surface area contributed by atoms with Crippen molar-refractivity contribution in [2.45, 2.75) is 83.0 Å². The zero-order valence-corrected chi connectivity index (χ0v) is 25.2. The zero-order chi connectivity index (χ0) is 29.6. The molecular formula is C37H52O5. The second-order valence-electron chi connectivity index (χ2n) is 12.9. The second kappa shape index (κ2) is 15.2. The Morgan fingerprint density at radius 1 is 0.786 bits per heavy atom. The van der Waals surface area contributed by atoms with Gasteiger partial charge in [0.2, 0.25) is 0 Å². The van der Waals surface area contributed by atoms with Gasteiger partial charge in [0.15, 0.2) is 13.1 Å². The number of ether oxygens (including phenoxy) is 3. The molecule has 42 heavy (non-hydrogen) atoms. The molecule has 0 amide bonds.